The SMILES string of the molecule is CNc1nn(-c2ccc(-c3ccc(Cl)cc3Cl)cc2)cc1C(N)=O. The second-order valence-corrected chi connectivity index (χ2v) is 5.96. The zero-order valence-electron chi connectivity index (χ0n) is 12.8. The van der Waals surface area contributed by atoms with Crippen molar-refractivity contribution in [2.45, 2.75) is 0 Å². The molecule has 0 saturated heterocycles. The van der Waals surface area contributed by atoms with Gasteiger partial charge in [0.2, 0.25) is 0 Å². The summed E-state index contributed by atoms with van der Waals surface area (Å²) in [6, 6.07) is 13.0. The fraction of sp³-hybridized carbons (Fsp3) is 0.0588. The summed E-state index contributed by atoms with van der Waals surface area (Å²) >= 11 is 12.2. The molecule has 5 nitrogen and oxygen atoms in total. The molecular weight excluding hydrogens is 347 g/mol. The summed E-state index contributed by atoms with van der Waals surface area (Å²) < 4.78 is 1.60. The van der Waals surface area contributed by atoms with Crippen LogP contribution in [0.3, 0.4) is 0 Å². The third-order valence-electron chi connectivity index (χ3n) is 3.59. The first-order valence-electron chi connectivity index (χ1n) is 7.12. The zero-order valence-corrected chi connectivity index (χ0v) is 14.3. The Morgan fingerprint density at radius 1 is 1.17 bits per heavy atom. The molecule has 0 aliphatic rings. The van der Waals surface area contributed by atoms with Crippen molar-refractivity contribution in [3.8, 4) is 16.8 Å². The molecule has 0 spiro atoms. The van der Waals surface area contributed by atoms with Gasteiger partial charge in [-0.25, -0.2) is 4.68 Å². The highest BCUT2D eigenvalue weighted by molar-refractivity contribution is 6.36. The summed E-state index contributed by atoms with van der Waals surface area (Å²) in [5.41, 5.74) is 8.33. The van der Waals surface area contributed by atoms with E-state index in [4.69, 9.17) is 28.9 Å². The summed E-state index contributed by atoms with van der Waals surface area (Å²) in [5.74, 6) is -0.0949. The van der Waals surface area contributed by atoms with Gasteiger partial charge in [-0.15, -0.1) is 5.10 Å². The number of amides is 1. The van der Waals surface area contributed by atoms with Crippen LogP contribution in [0.4, 0.5) is 5.82 Å². The number of nitrogens with zero attached hydrogens (tertiary/aromatic N) is 2. The Bertz CT molecular complexity index is 903. The number of nitrogens with two attached hydrogens (primary N) is 1. The average molecular weight is 361 g/mol. The van der Waals surface area contributed by atoms with Crippen LogP contribution in [0.5, 0.6) is 0 Å². The second-order valence-electron chi connectivity index (χ2n) is 5.12. The smallest absolute Gasteiger partial charge is 0.254 e. The third-order valence-corrected chi connectivity index (χ3v) is 4.14. The van der Waals surface area contributed by atoms with Crippen LogP contribution in [-0.4, -0.2) is 22.7 Å². The topological polar surface area (TPSA) is 72.9 Å². The predicted octanol–water partition coefficient (Wildman–Crippen LogP) is 3.99. The van der Waals surface area contributed by atoms with Crippen LogP contribution in [-0.2, 0) is 0 Å². The molecule has 2 aromatic carbocycles. The van der Waals surface area contributed by atoms with Crippen LogP contribution in [0.1, 0.15) is 10.4 Å². The van der Waals surface area contributed by atoms with Gasteiger partial charge in [0.05, 0.1) is 5.69 Å². The van der Waals surface area contributed by atoms with Gasteiger partial charge < -0.3 is 11.1 Å². The molecule has 1 aromatic heterocycles. The van der Waals surface area contributed by atoms with Crippen molar-refractivity contribution in [2.24, 2.45) is 5.73 Å². The lowest BCUT2D eigenvalue weighted by atomic mass is 10.1. The molecule has 0 bridgehead atoms. The number of anilines is 1. The largest absolute Gasteiger partial charge is 0.371 e. The van der Waals surface area contributed by atoms with Gasteiger partial charge in [-0.1, -0.05) is 41.4 Å². The third kappa shape index (κ3) is 3.09. The highest BCUT2D eigenvalue weighted by Gasteiger charge is 2.13. The summed E-state index contributed by atoms with van der Waals surface area (Å²) in [6.45, 7) is 0. The van der Waals surface area contributed by atoms with E-state index in [1.54, 1.807) is 30.1 Å². The van der Waals surface area contributed by atoms with Crippen LogP contribution < -0.4 is 11.1 Å². The Kier molecular flexibility index (Phi) is 4.46. The molecule has 0 fully saturated rings. The number of benzene rings is 2. The van der Waals surface area contributed by atoms with Gasteiger partial charge in [0, 0.05) is 28.9 Å². The summed E-state index contributed by atoms with van der Waals surface area (Å²) in [7, 11) is 1.69. The highest BCUT2D eigenvalue weighted by Crippen LogP contribution is 2.30. The normalized spacial score (nSPS) is 10.6. The lowest BCUT2D eigenvalue weighted by Crippen LogP contribution is -2.11. The number of aromatic nitrogens is 2. The number of hydrogen-bond acceptors (Lipinski definition) is 3. The second kappa shape index (κ2) is 6.55. The van der Waals surface area contributed by atoms with Crippen molar-refractivity contribution in [1.82, 2.24) is 9.78 Å². The quantitative estimate of drug-likeness (QED) is 0.738. The maximum atomic E-state index is 11.4. The van der Waals surface area contributed by atoms with E-state index in [1.165, 1.54) is 0 Å². The van der Waals surface area contributed by atoms with E-state index in [-0.39, 0.29) is 0 Å². The molecule has 3 N–H and O–H groups in total. The first kappa shape index (κ1) is 16.4. The maximum absolute atomic E-state index is 11.4. The molecule has 3 aromatic rings. The van der Waals surface area contributed by atoms with Gasteiger partial charge in [0.25, 0.3) is 5.91 Å². The summed E-state index contributed by atoms with van der Waals surface area (Å²) in [5, 5.41) is 8.35. The van der Waals surface area contributed by atoms with Gasteiger partial charge in [0.15, 0.2) is 5.82 Å². The number of primary amides is 1. The lowest BCUT2D eigenvalue weighted by Gasteiger charge is -2.07. The predicted molar refractivity (Wildman–Crippen MR) is 97.1 cm³/mol. The first-order chi connectivity index (χ1) is 11.5. The van der Waals surface area contributed by atoms with E-state index in [0.29, 0.717) is 21.4 Å². The Morgan fingerprint density at radius 2 is 1.88 bits per heavy atom. The monoisotopic (exact) mass is 360 g/mol. The number of nitrogens with one attached hydrogen (secondary N) is 1. The molecule has 1 heterocycles. The van der Waals surface area contributed by atoms with Gasteiger partial charge in [-0.05, 0) is 29.8 Å². The molecule has 0 aliphatic heterocycles. The summed E-state index contributed by atoms with van der Waals surface area (Å²) in [4.78, 5) is 11.4. The molecule has 24 heavy (non-hydrogen) atoms. The number of halogens is 2. The molecule has 7 heteroatoms. The van der Waals surface area contributed by atoms with E-state index in [2.05, 4.69) is 10.4 Å². The van der Waals surface area contributed by atoms with Crippen molar-refractivity contribution < 1.29 is 4.79 Å². The molecule has 0 saturated carbocycles. The Hall–Kier alpha value is -2.50. The van der Waals surface area contributed by atoms with Crippen LogP contribution >= 0.6 is 23.2 Å². The van der Waals surface area contributed by atoms with Crippen LogP contribution in [0, 0.1) is 0 Å². The average Bonchev–Trinajstić information content (AvgIpc) is 3.00. The van der Waals surface area contributed by atoms with E-state index < -0.39 is 5.91 Å². The van der Waals surface area contributed by atoms with E-state index >= 15 is 0 Å². The number of hydrogen-bond donors (Lipinski definition) is 2. The van der Waals surface area contributed by atoms with Crippen molar-refractivity contribution in [3.63, 3.8) is 0 Å². The van der Waals surface area contributed by atoms with Crippen molar-refractivity contribution >= 4 is 34.9 Å². The molecular formula is C17H14Cl2N4O. The molecule has 1 amide bonds. The minimum Gasteiger partial charge on any atom is -0.371 e. The number of carbonyl (C=O) groups excluding carboxylic acids is 1. The first-order valence-corrected chi connectivity index (χ1v) is 7.88. The standard InChI is InChI=1S/C17H14Cl2N4O/c1-21-17-14(16(20)24)9-23(22-17)12-5-2-10(3-6-12)13-7-4-11(18)8-15(13)19/h2-9H,1H3,(H2,20,24)(H,21,22). The molecule has 0 atom stereocenters. The Balaban J connectivity index is 1.96. The maximum Gasteiger partial charge on any atom is 0.254 e. The fourth-order valence-electron chi connectivity index (χ4n) is 2.39. The minimum absolute atomic E-state index is 0.335. The van der Waals surface area contributed by atoms with Gasteiger partial charge in [-0.3, -0.25) is 4.79 Å². The minimum atomic E-state index is -0.532. The molecule has 0 unspecified atom stereocenters. The zero-order chi connectivity index (χ0) is 17.3. The lowest BCUT2D eigenvalue weighted by molar-refractivity contribution is 0.100. The fourth-order valence-corrected chi connectivity index (χ4v) is 2.91. The van der Waals surface area contributed by atoms with Gasteiger partial charge >= 0.3 is 0 Å². The van der Waals surface area contributed by atoms with E-state index in [9.17, 15) is 4.79 Å². The molecule has 0 aliphatic carbocycles. The van der Waals surface area contributed by atoms with Crippen LogP contribution in [0.15, 0.2) is 48.7 Å². The molecule has 122 valence electrons. The summed E-state index contributed by atoms with van der Waals surface area (Å²) in [6.07, 6.45) is 1.60. The Labute approximate surface area is 149 Å². The van der Waals surface area contributed by atoms with Gasteiger partial charge in [-0.2, -0.15) is 0 Å². The highest BCUT2D eigenvalue weighted by atomic mass is 35.5. The van der Waals surface area contributed by atoms with Crippen LogP contribution in [0.2, 0.25) is 10.0 Å². The molecule has 3 rings (SSSR count). The number of carbonyl (C=O) groups is 1. The van der Waals surface area contributed by atoms with Crippen LogP contribution in [0.25, 0.3) is 16.8 Å². The van der Waals surface area contributed by atoms with Crippen molar-refractivity contribution in [1.29, 1.82) is 0 Å². The number of rotatable bonds is 4. The molecule has 0 radical (unpaired) electrons. The van der Waals surface area contributed by atoms with Gasteiger partial charge in [0.1, 0.15) is 5.56 Å². The van der Waals surface area contributed by atoms with Crippen molar-refractivity contribution in [3.05, 3.63) is 64.3 Å². The van der Waals surface area contributed by atoms with E-state index in [0.717, 1.165) is 16.8 Å². The Morgan fingerprint density at radius 3 is 2.42 bits per heavy atom. The van der Waals surface area contributed by atoms with E-state index in [1.807, 2.05) is 30.3 Å². The van der Waals surface area contributed by atoms with Crippen molar-refractivity contribution in [2.75, 3.05) is 12.4 Å².